The maximum atomic E-state index is 6.14. The first kappa shape index (κ1) is 42.1. The molecular weight excluding hydrogens is 556 g/mol. The molecule has 0 radical (unpaired) electrons. The van der Waals surface area contributed by atoms with Gasteiger partial charge in [-0.25, -0.2) is 0 Å². The number of hydrogen-bond acceptors (Lipinski definition) is 12. The van der Waals surface area contributed by atoms with Gasteiger partial charge >= 0.3 is 17.6 Å². The molecule has 0 unspecified atom stereocenters. The second-order valence-electron chi connectivity index (χ2n) is 8.42. The Kier molecular flexibility index (Phi) is 24.6. The first-order valence-corrected chi connectivity index (χ1v) is 18.6. The van der Waals surface area contributed by atoms with Gasteiger partial charge in [-0.1, -0.05) is 6.92 Å². The fourth-order valence-corrected chi connectivity index (χ4v) is 10.4. The van der Waals surface area contributed by atoms with E-state index in [9.17, 15) is 0 Å². The molecule has 0 aromatic rings. The Morgan fingerprint density at radius 3 is 1.20 bits per heavy atom. The van der Waals surface area contributed by atoms with Crippen LogP contribution in [0.4, 0.5) is 0 Å². The molecule has 40 heavy (non-hydrogen) atoms. The van der Waals surface area contributed by atoms with Gasteiger partial charge in [0.25, 0.3) is 5.97 Å². The molecule has 0 fully saturated rings. The van der Waals surface area contributed by atoms with Crippen LogP contribution in [0.2, 0.25) is 6.04 Å². The Morgan fingerprint density at radius 1 is 0.550 bits per heavy atom. The van der Waals surface area contributed by atoms with Crippen LogP contribution in [0, 0.1) is 0 Å². The average molecular weight is 619 g/mol. The molecule has 0 aliphatic carbocycles. The highest BCUT2D eigenvalue weighted by molar-refractivity contribution is 6.70. The summed E-state index contributed by atoms with van der Waals surface area (Å²) in [6.45, 7) is 25.2. The molecule has 0 atom stereocenters. The van der Waals surface area contributed by atoms with Gasteiger partial charge in [-0.05, 0) is 74.8 Å². The third kappa shape index (κ3) is 14.4. The van der Waals surface area contributed by atoms with Crippen LogP contribution >= 0.6 is 0 Å². The van der Waals surface area contributed by atoms with Crippen molar-refractivity contribution in [2.45, 2.75) is 113 Å². The first-order valence-electron chi connectivity index (χ1n) is 14.9. The summed E-state index contributed by atoms with van der Waals surface area (Å²) in [6, 6.07) is 0.653. The van der Waals surface area contributed by atoms with Crippen molar-refractivity contribution in [2.24, 2.45) is 11.5 Å². The van der Waals surface area contributed by atoms with Crippen molar-refractivity contribution >= 4 is 17.6 Å². The number of ether oxygens (including phenoxy) is 4. The van der Waals surface area contributed by atoms with E-state index >= 15 is 0 Å². The lowest BCUT2D eigenvalue weighted by atomic mass is 10.4. The van der Waals surface area contributed by atoms with Crippen molar-refractivity contribution in [3.63, 3.8) is 0 Å². The molecule has 0 saturated carbocycles. The van der Waals surface area contributed by atoms with Crippen LogP contribution < -0.4 is 11.5 Å². The SMILES string of the molecule is CCOC(C)(OCC)O[Si](OCC)(OCC)OCC.CCOC(CC)(OCC)[Si](CCC(N)N)(OCC)OCC. The number of nitrogens with two attached hydrogens (primary N) is 2. The Balaban J connectivity index is 0. The quantitative estimate of drug-likeness (QED) is 0.112. The first-order chi connectivity index (χ1) is 19.0. The van der Waals surface area contributed by atoms with Crippen LogP contribution in [-0.2, 0) is 45.5 Å². The molecule has 0 aromatic carbocycles. The molecule has 0 heterocycles. The Labute approximate surface area is 246 Å². The highest BCUT2D eigenvalue weighted by Crippen LogP contribution is 2.36. The minimum absolute atomic E-state index is 0.393. The van der Waals surface area contributed by atoms with Crippen molar-refractivity contribution in [3.8, 4) is 0 Å². The summed E-state index contributed by atoms with van der Waals surface area (Å²) in [6.07, 6.45) is 0.894. The summed E-state index contributed by atoms with van der Waals surface area (Å²) in [4.78, 5) is 0. The van der Waals surface area contributed by atoms with Gasteiger partial charge in [-0.3, -0.25) is 4.43 Å². The maximum Gasteiger partial charge on any atom is 0.683 e. The Hall–Kier alpha value is -0.0462. The molecule has 0 aliphatic heterocycles. The van der Waals surface area contributed by atoms with E-state index in [0.29, 0.717) is 78.3 Å². The molecule has 12 nitrogen and oxygen atoms in total. The Morgan fingerprint density at radius 2 is 0.925 bits per heavy atom. The lowest BCUT2D eigenvalue weighted by molar-refractivity contribution is -0.353. The summed E-state index contributed by atoms with van der Waals surface area (Å²) in [5.41, 5.74) is 10.6. The van der Waals surface area contributed by atoms with Gasteiger partial charge in [-0.15, -0.1) is 0 Å². The monoisotopic (exact) mass is 618 g/mol. The molecule has 0 saturated heterocycles. The zero-order valence-corrected chi connectivity index (χ0v) is 29.3. The molecule has 0 spiro atoms. The molecule has 0 aromatic heterocycles. The van der Waals surface area contributed by atoms with Crippen LogP contribution in [0.1, 0.15) is 89.0 Å². The van der Waals surface area contributed by atoms with Crippen molar-refractivity contribution in [1.82, 2.24) is 0 Å². The van der Waals surface area contributed by atoms with E-state index in [4.69, 9.17) is 57.0 Å². The largest absolute Gasteiger partial charge is 0.683 e. The van der Waals surface area contributed by atoms with Crippen LogP contribution in [-0.4, -0.2) is 94.6 Å². The van der Waals surface area contributed by atoms with Crippen LogP contribution in [0.15, 0.2) is 0 Å². The molecule has 14 heteroatoms. The predicted molar refractivity (Wildman–Crippen MR) is 160 cm³/mol. The molecule has 4 N–H and O–H groups in total. The van der Waals surface area contributed by atoms with Gasteiger partial charge in [0, 0.05) is 72.8 Å². The summed E-state index contributed by atoms with van der Waals surface area (Å²) in [7, 11) is -6.04. The molecule has 0 amide bonds. The van der Waals surface area contributed by atoms with Crippen molar-refractivity contribution in [1.29, 1.82) is 0 Å². The highest BCUT2D eigenvalue weighted by atomic mass is 28.4. The smallest absolute Gasteiger partial charge is 0.392 e. The predicted octanol–water partition coefficient (Wildman–Crippen LogP) is 4.15. The fraction of sp³-hybridized carbons (Fsp3) is 1.00. The van der Waals surface area contributed by atoms with Gasteiger partial charge < -0.3 is 52.5 Å². The van der Waals surface area contributed by atoms with Crippen molar-refractivity contribution < 1.29 is 45.5 Å². The number of rotatable bonds is 25. The van der Waals surface area contributed by atoms with Crippen molar-refractivity contribution in [2.75, 3.05) is 59.5 Å². The van der Waals surface area contributed by atoms with Gasteiger partial charge in [-0.2, -0.15) is 0 Å². The summed E-state index contributed by atoms with van der Waals surface area (Å²) < 4.78 is 58.1. The van der Waals surface area contributed by atoms with E-state index in [1.54, 1.807) is 6.92 Å². The third-order valence-electron chi connectivity index (χ3n) is 5.45. The summed E-state index contributed by atoms with van der Waals surface area (Å²) in [5, 5.41) is 0. The average Bonchev–Trinajstić information content (AvgIpc) is 2.88. The van der Waals surface area contributed by atoms with E-state index in [1.807, 2.05) is 69.2 Å². The highest BCUT2D eigenvalue weighted by Gasteiger charge is 2.59. The lowest BCUT2D eigenvalue weighted by Crippen LogP contribution is -2.66. The standard InChI is InChI=1S/C14H34N2O4Si.C12H28O6Si/c1-6-14(17-7-2,18-8-3)21(19-9-4,20-10-5)12-11-13(15)16;1-7-13-12(6,14-8-2)18-19(15-9-3,16-10-4)17-11-5/h13H,6-12,15-16H2,1-5H3;7-11H2,1-6H3. The molecule has 0 bridgehead atoms. The zero-order chi connectivity index (χ0) is 31.1. The van der Waals surface area contributed by atoms with Crippen LogP contribution in [0.3, 0.4) is 0 Å². The second-order valence-corrected chi connectivity index (χ2v) is 13.8. The minimum atomic E-state index is -3.26. The molecular formula is C26H62N2O10Si2. The third-order valence-corrected chi connectivity index (χ3v) is 12.3. The summed E-state index contributed by atoms with van der Waals surface area (Å²) in [5.74, 6) is -1.23. The normalized spacial score (nSPS) is 13.1. The number of hydrogen-bond donors (Lipinski definition) is 2. The second kappa shape index (κ2) is 23.4. The zero-order valence-electron chi connectivity index (χ0n) is 27.3. The van der Waals surface area contributed by atoms with Crippen molar-refractivity contribution in [3.05, 3.63) is 0 Å². The summed E-state index contributed by atoms with van der Waals surface area (Å²) >= 11 is 0. The van der Waals surface area contributed by atoms with Gasteiger partial charge in [0.2, 0.25) is 5.41 Å². The van der Waals surface area contributed by atoms with E-state index in [-0.39, 0.29) is 0 Å². The van der Waals surface area contributed by atoms with E-state index in [1.165, 1.54) is 0 Å². The van der Waals surface area contributed by atoms with Crippen LogP contribution in [0.25, 0.3) is 0 Å². The molecule has 0 aliphatic rings. The van der Waals surface area contributed by atoms with Crippen LogP contribution in [0.5, 0.6) is 0 Å². The van der Waals surface area contributed by atoms with Gasteiger partial charge in [0.05, 0.1) is 6.17 Å². The fourth-order valence-electron chi connectivity index (χ4n) is 4.22. The minimum Gasteiger partial charge on any atom is -0.392 e. The Bertz CT molecular complexity index is 559. The van der Waals surface area contributed by atoms with E-state index in [2.05, 4.69) is 0 Å². The lowest BCUT2D eigenvalue weighted by Gasteiger charge is -2.45. The topological polar surface area (TPSA) is 144 Å². The van der Waals surface area contributed by atoms with Gasteiger partial charge in [0.15, 0.2) is 0 Å². The van der Waals surface area contributed by atoms with E-state index < -0.39 is 35.2 Å². The maximum absolute atomic E-state index is 6.14. The van der Waals surface area contributed by atoms with Gasteiger partial charge in [0.1, 0.15) is 0 Å². The van der Waals surface area contributed by atoms with E-state index in [0.717, 1.165) is 0 Å². The molecule has 0 rings (SSSR count). The molecule has 244 valence electrons.